The Hall–Kier alpha value is -3.22. The summed E-state index contributed by atoms with van der Waals surface area (Å²) in [5.74, 6) is 0.184. The fourth-order valence-corrected chi connectivity index (χ4v) is 2.39. The number of esters is 1. The third-order valence-corrected chi connectivity index (χ3v) is 3.68. The highest BCUT2D eigenvalue weighted by Gasteiger charge is 2.30. The SMILES string of the molecule is [N-]=[N+]=NC(C(=O)OCc1ccccc1)C(O)c1ccc2c(c1)OCO2. The third-order valence-electron chi connectivity index (χ3n) is 3.68. The van der Waals surface area contributed by atoms with Gasteiger partial charge in [-0.25, -0.2) is 0 Å². The van der Waals surface area contributed by atoms with Gasteiger partial charge in [0, 0.05) is 4.91 Å². The van der Waals surface area contributed by atoms with Crippen molar-refractivity contribution in [2.75, 3.05) is 6.79 Å². The molecule has 0 spiro atoms. The molecule has 1 aliphatic rings. The maximum Gasteiger partial charge on any atom is 0.318 e. The van der Waals surface area contributed by atoms with Crippen LogP contribution < -0.4 is 9.47 Å². The maximum atomic E-state index is 12.3. The van der Waals surface area contributed by atoms with Crippen molar-refractivity contribution >= 4 is 5.97 Å². The summed E-state index contributed by atoms with van der Waals surface area (Å²) < 4.78 is 15.6. The summed E-state index contributed by atoms with van der Waals surface area (Å²) in [6.45, 7) is 0.110. The highest BCUT2D eigenvalue weighted by atomic mass is 16.7. The van der Waals surface area contributed by atoms with Crippen molar-refractivity contribution in [1.82, 2.24) is 0 Å². The lowest BCUT2D eigenvalue weighted by Gasteiger charge is -2.18. The molecule has 0 fully saturated rings. The summed E-state index contributed by atoms with van der Waals surface area (Å²) in [4.78, 5) is 14.9. The number of carbonyl (C=O) groups is 1. The number of carbonyl (C=O) groups excluding carboxylic acids is 1. The van der Waals surface area contributed by atoms with Gasteiger partial charge in [-0.05, 0) is 28.8 Å². The minimum atomic E-state index is -1.41. The maximum absolute atomic E-state index is 12.3. The second-order valence-corrected chi connectivity index (χ2v) is 5.30. The molecule has 0 saturated carbocycles. The van der Waals surface area contributed by atoms with Crippen LogP contribution in [0, 0.1) is 0 Å². The molecule has 25 heavy (non-hydrogen) atoms. The van der Waals surface area contributed by atoms with E-state index in [1.54, 1.807) is 24.3 Å². The van der Waals surface area contributed by atoms with Crippen molar-refractivity contribution in [3.63, 3.8) is 0 Å². The van der Waals surface area contributed by atoms with E-state index in [1.165, 1.54) is 6.07 Å². The van der Waals surface area contributed by atoms with E-state index in [2.05, 4.69) is 10.0 Å². The Morgan fingerprint density at radius 1 is 1.24 bits per heavy atom. The van der Waals surface area contributed by atoms with Crippen LogP contribution in [0.15, 0.2) is 53.6 Å². The van der Waals surface area contributed by atoms with Crippen LogP contribution in [0.1, 0.15) is 17.2 Å². The van der Waals surface area contributed by atoms with E-state index < -0.39 is 18.1 Å². The molecule has 8 nitrogen and oxygen atoms in total. The van der Waals surface area contributed by atoms with Crippen molar-refractivity contribution in [2.45, 2.75) is 18.8 Å². The molecule has 0 aromatic heterocycles. The van der Waals surface area contributed by atoms with Gasteiger partial charge in [0.1, 0.15) is 6.61 Å². The number of benzene rings is 2. The molecule has 128 valence electrons. The Labute approximate surface area is 143 Å². The van der Waals surface area contributed by atoms with Gasteiger partial charge in [0.15, 0.2) is 17.5 Å². The fourth-order valence-electron chi connectivity index (χ4n) is 2.39. The predicted molar refractivity (Wildman–Crippen MR) is 86.7 cm³/mol. The average Bonchev–Trinajstić information content (AvgIpc) is 3.12. The van der Waals surface area contributed by atoms with Gasteiger partial charge in [-0.15, -0.1) is 0 Å². The number of ether oxygens (including phenoxy) is 3. The molecule has 0 aliphatic carbocycles. The summed E-state index contributed by atoms with van der Waals surface area (Å²) in [6.07, 6.45) is -1.37. The van der Waals surface area contributed by atoms with E-state index >= 15 is 0 Å². The van der Waals surface area contributed by atoms with Crippen LogP contribution in [-0.2, 0) is 16.1 Å². The minimum absolute atomic E-state index is 0.0188. The van der Waals surface area contributed by atoms with Crippen molar-refractivity contribution in [3.05, 3.63) is 70.1 Å². The van der Waals surface area contributed by atoms with E-state index in [1.807, 2.05) is 18.2 Å². The number of aliphatic hydroxyl groups excluding tert-OH is 1. The molecule has 2 atom stereocenters. The molecule has 2 aromatic carbocycles. The first-order valence-corrected chi connectivity index (χ1v) is 7.51. The number of aliphatic hydroxyl groups is 1. The Balaban J connectivity index is 1.73. The fraction of sp³-hybridized carbons (Fsp3) is 0.235. The average molecular weight is 341 g/mol. The van der Waals surface area contributed by atoms with E-state index in [4.69, 9.17) is 19.7 Å². The summed E-state index contributed by atoms with van der Waals surface area (Å²) in [5.41, 5.74) is 9.86. The number of azide groups is 1. The molecule has 0 bridgehead atoms. The van der Waals surface area contributed by atoms with Gasteiger partial charge in [-0.1, -0.05) is 41.5 Å². The van der Waals surface area contributed by atoms with Crippen LogP contribution in [0.3, 0.4) is 0 Å². The van der Waals surface area contributed by atoms with Crippen molar-refractivity contribution in [3.8, 4) is 11.5 Å². The van der Waals surface area contributed by atoms with Gasteiger partial charge in [0.05, 0.1) is 6.10 Å². The van der Waals surface area contributed by atoms with Gasteiger partial charge >= 0.3 is 5.97 Å². The molecule has 1 N–H and O–H groups in total. The zero-order chi connectivity index (χ0) is 17.6. The highest BCUT2D eigenvalue weighted by molar-refractivity contribution is 5.77. The Morgan fingerprint density at radius 2 is 2.00 bits per heavy atom. The van der Waals surface area contributed by atoms with E-state index in [9.17, 15) is 9.90 Å². The van der Waals surface area contributed by atoms with Crippen LogP contribution in [0.4, 0.5) is 0 Å². The Bertz CT molecular complexity index is 805. The molecular formula is C17H15N3O5. The van der Waals surface area contributed by atoms with Gasteiger partial charge in [0.2, 0.25) is 6.79 Å². The van der Waals surface area contributed by atoms with Crippen molar-refractivity contribution in [1.29, 1.82) is 0 Å². The number of fused-ring (bicyclic) bond motifs is 1. The molecule has 0 amide bonds. The largest absolute Gasteiger partial charge is 0.460 e. The van der Waals surface area contributed by atoms with E-state index in [0.29, 0.717) is 17.1 Å². The lowest BCUT2D eigenvalue weighted by atomic mass is 10.0. The van der Waals surface area contributed by atoms with Crippen LogP contribution >= 0.6 is 0 Å². The van der Waals surface area contributed by atoms with Gasteiger partial charge in [0.25, 0.3) is 0 Å². The van der Waals surface area contributed by atoms with E-state index in [0.717, 1.165) is 5.56 Å². The second-order valence-electron chi connectivity index (χ2n) is 5.30. The van der Waals surface area contributed by atoms with E-state index in [-0.39, 0.29) is 13.4 Å². The summed E-state index contributed by atoms with van der Waals surface area (Å²) in [7, 11) is 0. The zero-order valence-corrected chi connectivity index (χ0v) is 13.1. The van der Waals surface area contributed by atoms with Crippen molar-refractivity contribution < 1.29 is 24.1 Å². The first-order chi connectivity index (χ1) is 12.2. The molecule has 2 unspecified atom stereocenters. The standard InChI is InChI=1S/C17H15N3O5/c18-20-19-15(17(22)23-9-11-4-2-1-3-5-11)16(21)12-6-7-13-14(8-12)25-10-24-13/h1-8,15-16,21H,9-10H2. The lowest BCUT2D eigenvalue weighted by Crippen LogP contribution is -2.28. The first kappa shape index (κ1) is 16.6. The van der Waals surface area contributed by atoms with Crippen LogP contribution in [0.5, 0.6) is 11.5 Å². The second kappa shape index (κ2) is 7.57. The van der Waals surface area contributed by atoms with Crippen molar-refractivity contribution in [2.24, 2.45) is 5.11 Å². The van der Waals surface area contributed by atoms with Gasteiger partial charge < -0.3 is 19.3 Å². The van der Waals surface area contributed by atoms with Crippen LogP contribution in [-0.4, -0.2) is 23.9 Å². The summed E-state index contributed by atoms with van der Waals surface area (Å²) in [5, 5.41) is 13.8. The molecule has 1 heterocycles. The smallest absolute Gasteiger partial charge is 0.318 e. The summed E-state index contributed by atoms with van der Waals surface area (Å²) in [6, 6.07) is 12.4. The molecule has 2 aromatic rings. The Morgan fingerprint density at radius 3 is 2.76 bits per heavy atom. The molecule has 1 aliphatic heterocycles. The zero-order valence-electron chi connectivity index (χ0n) is 13.1. The molecule has 0 saturated heterocycles. The van der Waals surface area contributed by atoms with Gasteiger partial charge in [-0.3, -0.25) is 4.79 Å². The Kier molecular flexibility index (Phi) is 5.03. The molecule has 8 heteroatoms. The first-order valence-electron chi connectivity index (χ1n) is 7.51. The molecule has 3 rings (SSSR count). The molecule has 0 radical (unpaired) electrons. The monoisotopic (exact) mass is 341 g/mol. The number of nitrogens with zero attached hydrogens (tertiary/aromatic N) is 3. The third kappa shape index (κ3) is 3.82. The number of hydrogen-bond acceptors (Lipinski definition) is 6. The molecular weight excluding hydrogens is 326 g/mol. The predicted octanol–water partition coefficient (Wildman–Crippen LogP) is 2.87. The number of hydrogen-bond donors (Lipinski definition) is 1. The summed E-state index contributed by atoms with van der Waals surface area (Å²) >= 11 is 0. The van der Waals surface area contributed by atoms with Crippen LogP contribution in [0.25, 0.3) is 10.4 Å². The minimum Gasteiger partial charge on any atom is -0.460 e. The normalized spacial score (nSPS) is 14.3. The topological polar surface area (TPSA) is 114 Å². The lowest BCUT2D eigenvalue weighted by molar-refractivity contribution is -0.149. The quantitative estimate of drug-likeness (QED) is 0.375. The van der Waals surface area contributed by atoms with Gasteiger partial charge in [-0.2, -0.15) is 0 Å². The number of rotatable bonds is 6. The highest BCUT2D eigenvalue weighted by Crippen LogP contribution is 2.35. The van der Waals surface area contributed by atoms with Crippen LogP contribution in [0.2, 0.25) is 0 Å².